The third-order valence-corrected chi connectivity index (χ3v) is 2.18. The minimum Gasteiger partial charge on any atom is -0.304 e. The number of rotatable bonds is 1. The Morgan fingerprint density at radius 1 is 1.38 bits per heavy atom. The SMILES string of the molecule is O=c1[nH]c(-c2cn[nH]n2)ncc1I. The highest BCUT2D eigenvalue weighted by molar-refractivity contribution is 14.1. The van der Waals surface area contributed by atoms with Crippen LogP contribution in [0.5, 0.6) is 0 Å². The average Bonchev–Trinajstić information content (AvgIpc) is 2.62. The molecule has 0 aliphatic carbocycles. The molecule has 0 fully saturated rings. The lowest BCUT2D eigenvalue weighted by atomic mass is 10.4. The Bertz CT molecular complexity index is 462. The zero-order valence-corrected chi connectivity index (χ0v) is 8.44. The van der Waals surface area contributed by atoms with Crippen LogP contribution in [-0.4, -0.2) is 25.4 Å². The standard InChI is InChI=1S/C6H4IN5O/c7-3-1-8-5(10-6(3)13)4-2-9-12-11-4/h1-2H,(H,8,10,13)(H,9,11,12). The average molecular weight is 289 g/mol. The molecule has 0 unspecified atom stereocenters. The molecule has 7 heteroatoms. The molecule has 0 radical (unpaired) electrons. The van der Waals surface area contributed by atoms with Gasteiger partial charge in [0.15, 0.2) is 5.82 Å². The summed E-state index contributed by atoms with van der Waals surface area (Å²) < 4.78 is 0.546. The molecule has 0 aliphatic heterocycles. The topological polar surface area (TPSA) is 87.3 Å². The van der Waals surface area contributed by atoms with Crippen molar-refractivity contribution in [3.8, 4) is 11.5 Å². The smallest absolute Gasteiger partial charge is 0.264 e. The molecule has 0 aromatic carbocycles. The number of nitrogens with one attached hydrogen (secondary N) is 2. The first kappa shape index (κ1) is 8.35. The van der Waals surface area contributed by atoms with Crippen molar-refractivity contribution in [3.63, 3.8) is 0 Å². The number of halogens is 1. The molecule has 0 aliphatic rings. The molecule has 2 N–H and O–H groups in total. The number of aromatic amines is 2. The lowest BCUT2D eigenvalue weighted by Gasteiger charge is -1.93. The minimum absolute atomic E-state index is 0.173. The van der Waals surface area contributed by atoms with E-state index in [1.165, 1.54) is 12.4 Å². The number of hydrogen-bond acceptors (Lipinski definition) is 4. The molecule has 6 nitrogen and oxygen atoms in total. The summed E-state index contributed by atoms with van der Waals surface area (Å²) in [5.41, 5.74) is 0.349. The van der Waals surface area contributed by atoms with E-state index in [9.17, 15) is 4.79 Å². The fraction of sp³-hybridized carbons (Fsp3) is 0. The largest absolute Gasteiger partial charge is 0.304 e. The Labute approximate surface area is 85.9 Å². The van der Waals surface area contributed by atoms with E-state index in [4.69, 9.17) is 0 Å². The summed E-state index contributed by atoms with van der Waals surface area (Å²) >= 11 is 1.91. The van der Waals surface area contributed by atoms with E-state index >= 15 is 0 Å². The monoisotopic (exact) mass is 289 g/mol. The normalized spacial score (nSPS) is 10.2. The molecule has 0 saturated heterocycles. The van der Waals surface area contributed by atoms with Gasteiger partial charge in [-0.3, -0.25) is 4.79 Å². The minimum atomic E-state index is -0.173. The second-order valence-corrected chi connectivity index (χ2v) is 3.43. The molecule has 66 valence electrons. The molecule has 0 atom stereocenters. The van der Waals surface area contributed by atoms with Crippen LogP contribution >= 0.6 is 22.6 Å². The van der Waals surface area contributed by atoms with Gasteiger partial charge in [-0.05, 0) is 22.6 Å². The summed E-state index contributed by atoms with van der Waals surface area (Å²) in [7, 11) is 0. The zero-order valence-electron chi connectivity index (χ0n) is 6.28. The molecule has 0 saturated carbocycles. The van der Waals surface area contributed by atoms with Crippen molar-refractivity contribution < 1.29 is 0 Å². The van der Waals surface area contributed by atoms with Gasteiger partial charge in [0.2, 0.25) is 0 Å². The van der Waals surface area contributed by atoms with Crippen LogP contribution in [-0.2, 0) is 0 Å². The van der Waals surface area contributed by atoms with E-state index in [-0.39, 0.29) is 5.56 Å². The first-order chi connectivity index (χ1) is 6.27. The van der Waals surface area contributed by atoms with Crippen molar-refractivity contribution in [3.05, 3.63) is 26.3 Å². The quantitative estimate of drug-likeness (QED) is 0.732. The molecule has 0 bridgehead atoms. The van der Waals surface area contributed by atoms with Crippen molar-refractivity contribution in [2.75, 3.05) is 0 Å². The van der Waals surface area contributed by atoms with Gasteiger partial charge >= 0.3 is 0 Å². The number of aromatic nitrogens is 5. The third-order valence-electron chi connectivity index (χ3n) is 1.41. The van der Waals surface area contributed by atoms with Crippen molar-refractivity contribution >= 4 is 22.6 Å². The second kappa shape index (κ2) is 3.24. The van der Waals surface area contributed by atoms with E-state index in [1.54, 1.807) is 0 Å². The van der Waals surface area contributed by atoms with Crippen LogP contribution in [0, 0.1) is 3.57 Å². The van der Waals surface area contributed by atoms with Gasteiger partial charge in [-0.15, -0.1) is 0 Å². The molecule has 2 aromatic rings. The maximum Gasteiger partial charge on any atom is 0.264 e. The van der Waals surface area contributed by atoms with Crippen LogP contribution in [0.15, 0.2) is 17.2 Å². The van der Waals surface area contributed by atoms with Gasteiger partial charge in [0.1, 0.15) is 5.69 Å². The maximum atomic E-state index is 11.2. The molecule has 0 spiro atoms. The van der Waals surface area contributed by atoms with Crippen molar-refractivity contribution in [2.45, 2.75) is 0 Å². The number of nitrogens with zero attached hydrogens (tertiary/aromatic N) is 3. The fourth-order valence-electron chi connectivity index (χ4n) is 0.825. The molecule has 13 heavy (non-hydrogen) atoms. The van der Waals surface area contributed by atoms with E-state index in [0.29, 0.717) is 15.1 Å². The maximum absolute atomic E-state index is 11.2. The predicted octanol–water partition coefficient (Wildman–Crippen LogP) is 0.160. The highest BCUT2D eigenvalue weighted by Gasteiger charge is 2.04. The Morgan fingerprint density at radius 2 is 2.23 bits per heavy atom. The van der Waals surface area contributed by atoms with Crippen LogP contribution < -0.4 is 5.56 Å². The second-order valence-electron chi connectivity index (χ2n) is 2.26. The first-order valence-electron chi connectivity index (χ1n) is 3.38. The van der Waals surface area contributed by atoms with Gasteiger partial charge in [-0.25, -0.2) is 4.98 Å². The van der Waals surface area contributed by atoms with Crippen LogP contribution in [0.4, 0.5) is 0 Å². The van der Waals surface area contributed by atoms with Crippen LogP contribution in [0.2, 0.25) is 0 Å². The Balaban J connectivity index is 2.55. The summed E-state index contributed by atoms with van der Waals surface area (Å²) in [4.78, 5) is 17.8. The van der Waals surface area contributed by atoms with E-state index in [2.05, 4.69) is 25.4 Å². The van der Waals surface area contributed by atoms with Crippen LogP contribution in [0.1, 0.15) is 0 Å². The van der Waals surface area contributed by atoms with Crippen molar-refractivity contribution in [2.24, 2.45) is 0 Å². The molecule has 2 rings (SSSR count). The summed E-state index contributed by atoms with van der Waals surface area (Å²) in [6.07, 6.45) is 2.98. The van der Waals surface area contributed by atoms with Gasteiger partial charge in [0, 0.05) is 6.20 Å². The van der Waals surface area contributed by atoms with Gasteiger partial charge in [0.25, 0.3) is 5.56 Å². The third kappa shape index (κ3) is 1.59. The molecule has 0 amide bonds. The summed E-state index contributed by atoms with van der Waals surface area (Å²) in [6, 6.07) is 0. The highest BCUT2D eigenvalue weighted by Crippen LogP contribution is 2.06. The first-order valence-corrected chi connectivity index (χ1v) is 4.46. The Morgan fingerprint density at radius 3 is 2.85 bits per heavy atom. The molecular weight excluding hydrogens is 285 g/mol. The van der Waals surface area contributed by atoms with Crippen molar-refractivity contribution in [1.82, 2.24) is 25.4 Å². The lowest BCUT2D eigenvalue weighted by molar-refractivity contribution is 0.937. The van der Waals surface area contributed by atoms with Crippen LogP contribution in [0.3, 0.4) is 0 Å². The molecular formula is C6H4IN5O. The van der Waals surface area contributed by atoms with Crippen LogP contribution in [0.25, 0.3) is 11.5 Å². The number of H-pyrrole nitrogens is 2. The highest BCUT2D eigenvalue weighted by atomic mass is 127. The van der Waals surface area contributed by atoms with Gasteiger partial charge in [0.05, 0.1) is 9.77 Å². The van der Waals surface area contributed by atoms with Crippen molar-refractivity contribution in [1.29, 1.82) is 0 Å². The Hall–Kier alpha value is -1.25. The molecule has 2 heterocycles. The fourth-order valence-corrected chi connectivity index (χ4v) is 1.10. The lowest BCUT2D eigenvalue weighted by Crippen LogP contribution is -2.11. The number of hydrogen-bond donors (Lipinski definition) is 2. The summed E-state index contributed by atoms with van der Waals surface area (Å²) in [5.74, 6) is 0.416. The van der Waals surface area contributed by atoms with Gasteiger partial charge < -0.3 is 4.98 Å². The van der Waals surface area contributed by atoms with E-state index in [0.717, 1.165) is 0 Å². The van der Waals surface area contributed by atoms with E-state index in [1.807, 2.05) is 22.6 Å². The predicted molar refractivity (Wildman–Crippen MR) is 53.0 cm³/mol. The summed E-state index contributed by atoms with van der Waals surface area (Å²) in [5, 5.41) is 9.84. The van der Waals surface area contributed by atoms with E-state index < -0.39 is 0 Å². The van der Waals surface area contributed by atoms with Gasteiger partial charge in [-0.2, -0.15) is 15.4 Å². The summed E-state index contributed by atoms with van der Waals surface area (Å²) in [6.45, 7) is 0. The molecule has 2 aromatic heterocycles. The van der Waals surface area contributed by atoms with Gasteiger partial charge in [-0.1, -0.05) is 0 Å². The zero-order chi connectivity index (χ0) is 9.26. The Kier molecular flexibility index (Phi) is 2.08.